The molecular formula is C21H22N4O4. The number of carbonyl (C=O) groups excluding carboxylic acids is 2. The minimum atomic E-state index is -0.556. The third-order valence-corrected chi connectivity index (χ3v) is 4.41. The van der Waals surface area contributed by atoms with Gasteiger partial charge in [-0.2, -0.15) is 0 Å². The van der Waals surface area contributed by atoms with E-state index in [2.05, 4.69) is 15.6 Å². The molecule has 3 aromatic rings. The molecule has 0 atom stereocenters. The van der Waals surface area contributed by atoms with Gasteiger partial charge in [-0.05, 0) is 30.3 Å². The largest absolute Gasteiger partial charge is 0.328 e. The van der Waals surface area contributed by atoms with E-state index < -0.39 is 11.2 Å². The van der Waals surface area contributed by atoms with E-state index >= 15 is 0 Å². The van der Waals surface area contributed by atoms with Crippen LogP contribution >= 0.6 is 0 Å². The van der Waals surface area contributed by atoms with Gasteiger partial charge in [0.2, 0.25) is 11.8 Å². The van der Waals surface area contributed by atoms with Gasteiger partial charge in [-0.1, -0.05) is 32.0 Å². The van der Waals surface area contributed by atoms with E-state index in [4.69, 9.17) is 0 Å². The predicted octanol–water partition coefficient (Wildman–Crippen LogP) is 2.31. The summed E-state index contributed by atoms with van der Waals surface area (Å²) in [5, 5.41) is 5.92. The highest BCUT2D eigenvalue weighted by Crippen LogP contribution is 2.16. The van der Waals surface area contributed by atoms with E-state index in [0.29, 0.717) is 22.3 Å². The molecule has 0 bridgehead atoms. The van der Waals surface area contributed by atoms with E-state index in [0.717, 1.165) is 0 Å². The van der Waals surface area contributed by atoms with Gasteiger partial charge >= 0.3 is 5.69 Å². The predicted molar refractivity (Wildman–Crippen MR) is 112 cm³/mol. The number of fused-ring (bicyclic) bond motifs is 1. The maximum absolute atomic E-state index is 12.4. The summed E-state index contributed by atoms with van der Waals surface area (Å²) >= 11 is 0. The third-order valence-electron chi connectivity index (χ3n) is 4.41. The maximum atomic E-state index is 12.4. The van der Waals surface area contributed by atoms with Crippen LogP contribution in [0.4, 0.5) is 11.4 Å². The van der Waals surface area contributed by atoms with Crippen LogP contribution in [0.2, 0.25) is 0 Å². The Labute approximate surface area is 166 Å². The van der Waals surface area contributed by atoms with E-state index in [9.17, 15) is 19.2 Å². The van der Waals surface area contributed by atoms with Crippen molar-refractivity contribution in [1.82, 2.24) is 9.55 Å². The molecule has 0 aliphatic rings. The second-order valence-electron chi connectivity index (χ2n) is 6.95. The second kappa shape index (κ2) is 8.55. The van der Waals surface area contributed by atoms with Crippen LogP contribution in [0.25, 0.3) is 10.9 Å². The fraction of sp³-hybridized carbons (Fsp3) is 0.238. The number of rotatable bonds is 6. The van der Waals surface area contributed by atoms with Gasteiger partial charge in [0.05, 0.1) is 10.9 Å². The first-order chi connectivity index (χ1) is 13.8. The van der Waals surface area contributed by atoms with E-state index in [1.54, 1.807) is 62.4 Å². The van der Waals surface area contributed by atoms with Crippen LogP contribution in [0.1, 0.15) is 20.3 Å². The van der Waals surface area contributed by atoms with Crippen molar-refractivity contribution in [3.8, 4) is 0 Å². The first-order valence-corrected chi connectivity index (χ1v) is 9.28. The number of anilines is 2. The highest BCUT2D eigenvalue weighted by atomic mass is 16.2. The summed E-state index contributed by atoms with van der Waals surface area (Å²) in [5.41, 5.74) is 0.596. The summed E-state index contributed by atoms with van der Waals surface area (Å²) < 4.78 is 1.37. The van der Waals surface area contributed by atoms with Gasteiger partial charge in [-0.15, -0.1) is 0 Å². The van der Waals surface area contributed by atoms with Crippen LogP contribution in [-0.2, 0) is 16.1 Å². The second-order valence-corrected chi connectivity index (χ2v) is 6.95. The van der Waals surface area contributed by atoms with Crippen LogP contribution in [0.5, 0.6) is 0 Å². The molecule has 0 aliphatic heterocycles. The molecule has 0 radical (unpaired) electrons. The van der Waals surface area contributed by atoms with Gasteiger partial charge in [0.1, 0.15) is 0 Å². The number of nitrogens with zero attached hydrogens (tertiary/aromatic N) is 1. The zero-order chi connectivity index (χ0) is 21.0. The lowest BCUT2D eigenvalue weighted by molar-refractivity contribution is -0.119. The number of nitrogens with one attached hydrogen (secondary N) is 3. The number of aromatic nitrogens is 2. The number of hydrogen-bond donors (Lipinski definition) is 3. The average molecular weight is 394 g/mol. The Hall–Kier alpha value is -3.68. The highest BCUT2D eigenvalue weighted by Gasteiger charge is 2.10. The highest BCUT2D eigenvalue weighted by molar-refractivity contribution is 5.94. The minimum absolute atomic E-state index is 0.0402. The zero-order valence-electron chi connectivity index (χ0n) is 16.2. The summed E-state index contributed by atoms with van der Waals surface area (Å²) in [6, 6.07) is 13.6. The Morgan fingerprint density at radius 3 is 2.41 bits per heavy atom. The van der Waals surface area contributed by atoms with Crippen molar-refractivity contribution in [2.45, 2.75) is 26.8 Å². The Morgan fingerprint density at radius 1 is 1.00 bits per heavy atom. The summed E-state index contributed by atoms with van der Waals surface area (Å²) in [6.07, 6.45) is 0.0402. The fourth-order valence-electron chi connectivity index (χ4n) is 2.86. The van der Waals surface area contributed by atoms with Crippen molar-refractivity contribution in [3.63, 3.8) is 0 Å². The topological polar surface area (TPSA) is 113 Å². The Balaban J connectivity index is 1.70. The fourth-order valence-corrected chi connectivity index (χ4v) is 2.86. The van der Waals surface area contributed by atoms with Gasteiger partial charge in [-0.3, -0.25) is 23.9 Å². The van der Waals surface area contributed by atoms with Crippen molar-refractivity contribution in [3.05, 3.63) is 69.4 Å². The van der Waals surface area contributed by atoms with Crippen LogP contribution in [-0.4, -0.2) is 21.4 Å². The van der Waals surface area contributed by atoms with Crippen molar-refractivity contribution >= 4 is 34.1 Å². The maximum Gasteiger partial charge on any atom is 0.328 e. The average Bonchev–Trinajstić information content (AvgIpc) is 2.68. The number of para-hydroxylation sites is 1. The van der Waals surface area contributed by atoms with E-state index in [1.165, 1.54) is 4.57 Å². The number of aryl methyl sites for hydroxylation is 1. The van der Waals surface area contributed by atoms with E-state index in [1.807, 2.05) is 0 Å². The number of benzene rings is 2. The number of hydrogen-bond acceptors (Lipinski definition) is 4. The molecule has 8 heteroatoms. The first kappa shape index (κ1) is 20.1. The molecule has 0 fully saturated rings. The Kier molecular flexibility index (Phi) is 5.92. The zero-order valence-corrected chi connectivity index (χ0v) is 16.2. The molecule has 3 rings (SSSR count). The minimum Gasteiger partial charge on any atom is -0.326 e. The molecule has 0 saturated carbocycles. The number of carbonyl (C=O) groups is 2. The number of amides is 2. The van der Waals surface area contributed by atoms with Gasteiger partial charge in [-0.25, -0.2) is 4.79 Å². The first-order valence-electron chi connectivity index (χ1n) is 9.28. The third kappa shape index (κ3) is 4.78. The van der Waals surface area contributed by atoms with Gasteiger partial charge in [0.25, 0.3) is 5.56 Å². The standard InChI is InChI=1S/C21H22N4O4/c1-13(2)19(27)23-15-7-5-6-14(12-15)22-18(26)10-11-25-17-9-4-3-8-16(17)20(28)24-21(25)29/h3-9,12-13H,10-11H2,1-2H3,(H,22,26)(H,23,27)(H,24,28,29). The molecule has 29 heavy (non-hydrogen) atoms. The molecule has 1 heterocycles. The molecule has 0 saturated heterocycles. The number of aromatic amines is 1. The van der Waals surface area contributed by atoms with Crippen LogP contribution in [0, 0.1) is 5.92 Å². The molecule has 0 unspecified atom stereocenters. The molecular weight excluding hydrogens is 372 g/mol. The van der Waals surface area contributed by atoms with Crippen LogP contribution in [0.15, 0.2) is 58.1 Å². The Bertz CT molecular complexity index is 1180. The Morgan fingerprint density at radius 2 is 1.69 bits per heavy atom. The molecule has 3 N–H and O–H groups in total. The summed E-state index contributed by atoms with van der Waals surface area (Å²) in [6.45, 7) is 3.71. The molecule has 2 amide bonds. The van der Waals surface area contributed by atoms with Crippen molar-refractivity contribution in [2.24, 2.45) is 5.92 Å². The van der Waals surface area contributed by atoms with Gasteiger partial charge in [0.15, 0.2) is 0 Å². The molecule has 1 aromatic heterocycles. The lowest BCUT2D eigenvalue weighted by Gasteiger charge is -2.11. The van der Waals surface area contributed by atoms with Gasteiger partial charge < -0.3 is 10.6 Å². The van der Waals surface area contributed by atoms with E-state index in [-0.39, 0.29) is 30.7 Å². The summed E-state index contributed by atoms with van der Waals surface area (Å²) in [5.74, 6) is -0.559. The van der Waals surface area contributed by atoms with Crippen LogP contribution < -0.4 is 21.9 Å². The summed E-state index contributed by atoms with van der Waals surface area (Å²) in [7, 11) is 0. The van der Waals surface area contributed by atoms with Crippen molar-refractivity contribution in [2.75, 3.05) is 10.6 Å². The molecule has 0 aliphatic carbocycles. The van der Waals surface area contributed by atoms with Crippen LogP contribution in [0.3, 0.4) is 0 Å². The number of H-pyrrole nitrogens is 1. The molecule has 2 aromatic carbocycles. The van der Waals surface area contributed by atoms with Crippen molar-refractivity contribution in [1.29, 1.82) is 0 Å². The quantitative estimate of drug-likeness (QED) is 0.595. The normalized spacial score (nSPS) is 10.9. The lowest BCUT2D eigenvalue weighted by Crippen LogP contribution is -2.31. The van der Waals surface area contributed by atoms with Crippen molar-refractivity contribution < 1.29 is 9.59 Å². The molecule has 0 spiro atoms. The van der Waals surface area contributed by atoms with Gasteiger partial charge in [0, 0.05) is 30.3 Å². The molecule has 8 nitrogen and oxygen atoms in total. The SMILES string of the molecule is CC(C)C(=O)Nc1cccc(NC(=O)CCn2c(=O)[nH]c(=O)c3ccccc32)c1. The smallest absolute Gasteiger partial charge is 0.326 e. The molecule has 150 valence electrons. The monoisotopic (exact) mass is 394 g/mol. The summed E-state index contributed by atoms with van der Waals surface area (Å²) in [4.78, 5) is 50.5. The lowest BCUT2D eigenvalue weighted by atomic mass is 10.2.